The Morgan fingerprint density at radius 2 is 1.96 bits per heavy atom. The smallest absolute Gasteiger partial charge is 0.289 e. The van der Waals surface area contributed by atoms with E-state index < -0.39 is 10.0 Å². The van der Waals surface area contributed by atoms with Crippen LogP contribution >= 0.6 is 0 Å². The number of carbonyl (C=O) groups is 1. The Bertz CT molecular complexity index is 812. The standard InChI is InChI=1S/C15H19N5O4S/c1-2-25(22,23)18-13-5-6-14(17-16-13)19-7-9-20(10-8-19)15(21)12-4-3-11-24-12/h3-6,11H,2,7-10H2,1H3,(H,16,18). The molecule has 1 aliphatic heterocycles. The van der Waals surface area contributed by atoms with Crippen molar-refractivity contribution in [3.63, 3.8) is 0 Å². The molecule has 0 aliphatic carbocycles. The van der Waals surface area contributed by atoms with E-state index in [1.807, 2.05) is 4.90 Å². The van der Waals surface area contributed by atoms with Gasteiger partial charge in [0, 0.05) is 26.2 Å². The van der Waals surface area contributed by atoms with E-state index in [0.29, 0.717) is 37.8 Å². The largest absolute Gasteiger partial charge is 0.459 e. The van der Waals surface area contributed by atoms with Gasteiger partial charge in [-0.1, -0.05) is 0 Å². The van der Waals surface area contributed by atoms with E-state index in [1.54, 1.807) is 36.1 Å². The molecule has 9 nitrogen and oxygen atoms in total. The van der Waals surface area contributed by atoms with Gasteiger partial charge in [0.2, 0.25) is 10.0 Å². The van der Waals surface area contributed by atoms with Gasteiger partial charge in [0.1, 0.15) is 0 Å². The van der Waals surface area contributed by atoms with E-state index in [9.17, 15) is 13.2 Å². The van der Waals surface area contributed by atoms with Crippen molar-refractivity contribution in [2.75, 3.05) is 41.6 Å². The van der Waals surface area contributed by atoms with Crippen LogP contribution in [-0.2, 0) is 10.0 Å². The second-order valence-electron chi connectivity index (χ2n) is 5.54. The minimum absolute atomic E-state index is 0.0257. The van der Waals surface area contributed by atoms with Gasteiger partial charge in [0.25, 0.3) is 5.91 Å². The molecule has 10 heteroatoms. The van der Waals surface area contributed by atoms with Gasteiger partial charge in [0.05, 0.1) is 12.0 Å². The van der Waals surface area contributed by atoms with Crippen LogP contribution in [0.4, 0.5) is 11.6 Å². The molecular weight excluding hydrogens is 346 g/mol. The minimum atomic E-state index is -3.37. The maximum atomic E-state index is 12.2. The quantitative estimate of drug-likeness (QED) is 0.834. The fourth-order valence-electron chi connectivity index (χ4n) is 2.47. The zero-order valence-electron chi connectivity index (χ0n) is 13.8. The van der Waals surface area contributed by atoms with E-state index in [1.165, 1.54) is 6.26 Å². The van der Waals surface area contributed by atoms with Crippen LogP contribution in [0.2, 0.25) is 0 Å². The minimum Gasteiger partial charge on any atom is -0.459 e. The highest BCUT2D eigenvalue weighted by molar-refractivity contribution is 7.92. The van der Waals surface area contributed by atoms with Gasteiger partial charge in [-0.05, 0) is 31.2 Å². The fourth-order valence-corrected chi connectivity index (χ4v) is 3.05. The van der Waals surface area contributed by atoms with Crippen LogP contribution in [0.3, 0.4) is 0 Å². The molecule has 134 valence electrons. The summed E-state index contributed by atoms with van der Waals surface area (Å²) in [4.78, 5) is 16.0. The Hall–Kier alpha value is -2.62. The third-order valence-corrected chi connectivity index (χ3v) is 5.19. The Morgan fingerprint density at radius 1 is 1.20 bits per heavy atom. The monoisotopic (exact) mass is 365 g/mol. The molecule has 1 saturated heterocycles. The predicted molar refractivity (Wildman–Crippen MR) is 91.9 cm³/mol. The van der Waals surface area contributed by atoms with E-state index in [4.69, 9.17) is 4.42 Å². The number of piperazine rings is 1. The summed E-state index contributed by atoms with van der Waals surface area (Å²) >= 11 is 0. The molecule has 1 amide bonds. The summed E-state index contributed by atoms with van der Waals surface area (Å²) in [6.45, 7) is 3.87. The Labute approximate surface area is 145 Å². The average Bonchev–Trinajstić information content (AvgIpc) is 3.16. The van der Waals surface area contributed by atoms with Crippen molar-refractivity contribution in [2.24, 2.45) is 0 Å². The van der Waals surface area contributed by atoms with E-state index in [2.05, 4.69) is 14.9 Å². The van der Waals surface area contributed by atoms with Gasteiger partial charge in [-0.2, -0.15) is 0 Å². The summed E-state index contributed by atoms with van der Waals surface area (Å²) in [7, 11) is -3.37. The zero-order chi connectivity index (χ0) is 17.9. The SMILES string of the molecule is CCS(=O)(=O)Nc1ccc(N2CCN(C(=O)c3ccco3)CC2)nn1. The molecular formula is C15H19N5O4S. The molecule has 3 heterocycles. The molecule has 0 unspecified atom stereocenters. The highest BCUT2D eigenvalue weighted by atomic mass is 32.2. The summed E-state index contributed by atoms with van der Waals surface area (Å²) in [6.07, 6.45) is 1.48. The number of carbonyl (C=O) groups excluding carboxylic acids is 1. The van der Waals surface area contributed by atoms with Crippen LogP contribution in [0.15, 0.2) is 34.9 Å². The van der Waals surface area contributed by atoms with Crippen LogP contribution < -0.4 is 9.62 Å². The molecule has 3 rings (SSSR count). The van der Waals surface area contributed by atoms with E-state index >= 15 is 0 Å². The molecule has 0 atom stereocenters. The first kappa shape index (κ1) is 17.2. The van der Waals surface area contributed by atoms with Crippen molar-refractivity contribution < 1.29 is 17.6 Å². The van der Waals surface area contributed by atoms with Gasteiger partial charge in [0.15, 0.2) is 17.4 Å². The van der Waals surface area contributed by atoms with Gasteiger partial charge in [-0.25, -0.2) is 8.42 Å². The molecule has 0 aromatic carbocycles. The average molecular weight is 365 g/mol. The fraction of sp³-hybridized carbons (Fsp3) is 0.400. The molecule has 1 fully saturated rings. The van der Waals surface area contributed by atoms with Crippen LogP contribution in [-0.4, -0.2) is 61.4 Å². The number of nitrogens with one attached hydrogen (secondary N) is 1. The van der Waals surface area contributed by atoms with Crippen LogP contribution in [0.1, 0.15) is 17.5 Å². The molecule has 2 aromatic heterocycles. The molecule has 0 saturated carbocycles. The Balaban J connectivity index is 1.59. The summed E-state index contributed by atoms with van der Waals surface area (Å²) in [5, 5.41) is 7.97. The van der Waals surface area contributed by atoms with Crippen molar-refractivity contribution >= 4 is 27.6 Å². The maximum absolute atomic E-state index is 12.2. The van der Waals surface area contributed by atoms with Crippen molar-refractivity contribution in [1.82, 2.24) is 15.1 Å². The second-order valence-corrected chi connectivity index (χ2v) is 7.55. The highest BCUT2D eigenvalue weighted by Crippen LogP contribution is 2.16. The molecule has 2 aromatic rings. The number of aromatic nitrogens is 2. The number of rotatable bonds is 5. The summed E-state index contributed by atoms with van der Waals surface area (Å²) in [6, 6.07) is 6.63. The number of nitrogens with zero attached hydrogens (tertiary/aromatic N) is 4. The summed E-state index contributed by atoms with van der Waals surface area (Å²) in [5.74, 6) is 1.02. The maximum Gasteiger partial charge on any atom is 0.289 e. The van der Waals surface area contributed by atoms with Crippen LogP contribution in [0, 0.1) is 0 Å². The molecule has 25 heavy (non-hydrogen) atoms. The van der Waals surface area contributed by atoms with Crippen LogP contribution in [0.5, 0.6) is 0 Å². The molecule has 0 radical (unpaired) electrons. The lowest BCUT2D eigenvalue weighted by Gasteiger charge is -2.34. The second kappa shape index (κ2) is 7.09. The van der Waals surface area contributed by atoms with Crippen molar-refractivity contribution in [3.8, 4) is 0 Å². The molecule has 0 bridgehead atoms. The zero-order valence-corrected chi connectivity index (χ0v) is 14.6. The summed E-state index contributed by atoms with van der Waals surface area (Å²) < 4.78 is 30.5. The third-order valence-electron chi connectivity index (χ3n) is 3.91. The Morgan fingerprint density at radius 3 is 2.52 bits per heavy atom. The van der Waals surface area contributed by atoms with Crippen LogP contribution in [0.25, 0.3) is 0 Å². The van der Waals surface area contributed by atoms with Gasteiger partial charge < -0.3 is 14.2 Å². The first-order valence-corrected chi connectivity index (χ1v) is 9.55. The highest BCUT2D eigenvalue weighted by Gasteiger charge is 2.24. The van der Waals surface area contributed by atoms with E-state index in [0.717, 1.165) is 0 Å². The normalized spacial score (nSPS) is 15.2. The van der Waals surface area contributed by atoms with Gasteiger partial charge in [-0.15, -0.1) is 10.2 Å². The van der Waals surface area contributed by atoms with E-state index in [-0.39, 0.29) is 17.5 Å². The number of furan rings is 1. The first-order valence-electron chi connectivity index (χ1n) is 7.90. The molecule has 1 N–H and O–H groups in total. The first-order chi connectivity index (χ1) is 12.0. The molecule has 1 aliphatic rings. The van der Waals surface area contributed by atoms with Gasteiger partial charge in [-0.3, -0.25) is 9.52 Å². The third kappa shape index (κ3) is 4.08. The van der Waals surface area contributed by atoms with Crippen molar-refractivity contribution in [2.45, 2.75) is 6.92 Å². The topological polar surface area (TPSA) is 109 Å². The van der Waals surface area contributed by atoms with Crippen molar-refractivity contribution in [3.05, 3.63) is 36.3 Å². The predicted octanol–water partition coefficient (Wildman–Crippen LogP) is 0.794. The number of hydrogen-bond acceptors (Lipinski definition) is 7. The lowest BCUT2D eigenvalue weighted by Crippen LogP contribution is -2.49. The lowest BCUT2D eigenvalue weighted by atomic mass is 10.3. The number of amides is 1. The van der Waals surface area contributed by atoms with Crippen molar-refractivity contribution in [1.29, 1.82) is 0 Å². The number of sulfonamides is 1. The number of anilines is 2. The Kier molecular flexibility index (Phi) is 4.88. The summed E-state index contributed by atoms with van der Waals surface area (Å²) in [5.41, 5.74) is 0. The number of hydrogen-bond donors (Lipinski definition) is 1. The lowest BCUT2D eigenvalue weighted by molar-refractivity contribution is 0.0714. The molecule has 0 spiro atoms. The van der Waals surface area contributed by atoms with Gasteiger partial charge >= 0.3 is 0 Å².